The second kappa shape index (κ2) is 7.97. The first-order valence-electron chi connectivity index (χ1n) is 6.95. The number of aliphatic imine (C=N–C) groups is 1. The summed E-state index contributed by atoms with van der Waals surface area (Å²) in [6, 6.07) is 10.5. The number of hydrogen-bond acceptors (Lipinski definition) is 3. The quantitative estimate of drug-likeness (QED) is 0.631. The highest BCUT2D eigenvalue weighted by atomic mass is 19.1. The topological polar surface area (TPSA) is 72.5 Å². The highest BCUT2D eigenvalue weighted by molar-refractivity contribution is 5.77. The molecular weight excluding hydrogens is 283 g/mol. The molecule has 0 aliphatic heterocycles. The van der Waals surface area contributed by atoms with Gasteiger partial charge in [0.2, 0.25) is 0 Å². The number of pyridine rings is 1. The average Bonchev–Trinajstić information content (AvgIpc) is 2.54. The summed E-state index contributed by atoms with van der Waals surface area (Å²) < 4.78 is 18.4. The van der Waals surface area contributed by atoms with Crippen LogP contribution in [-0.2, 0) is 13.0 Å². The molecule has 0 fully saturated rings. The Hall–Kier alpha value is -2.63. The first kappa shape index (κ1) is 15.8. The molecule has 0 saturated carbocycles. The third-order valence-electron chi connectivity index (χ3n) is 3.06. The third-order valence-corrected chi connectivity index (χ3v) is 3.06. The Morgan fingerprint density at radius 1 is 1.36 bits per heavy atom. The van der Waals surface area contributed by atoms with E-state index in [9.17, 15) is 4.39 Å². The average molecular weight is 302 g/mol. The molecule has 0 saturated heterocycles. The number of benzene rings is 1. The maximum absolute atomic E-state index is 13.5. The molecule has 2 aromatic rings. The Kier molecular flexibility index (Phi) is 5.71. The van der Waals surface area contributed by atoms with Crippen LogP contribution >= 0.6 is 0 Å². The number of nitrogens with two attached hydrogens (primary N) is 1. The van der Waals surface area contributed by atoms with Gasteiger partial charge < -0.3 is 15.8 Å². The number of methoxy groups -OCH3 is 1. The van der Waals surface area contributed by atoms with E-state index in [1.807, 2.05) is 18.2 Å². The SMILES string of the molecule is COc1ccc(CN=C(N)NCCc2ccccn2)cc1F. The van der Waals surface area contributed by atoms with E-state index >= 15 is 0 Å². The van der Waals surface area contributed by atoms with Crippen LogP contribution in [0.5, 0.6) is 5.75 Å². The lowest BCUT2D eigenvalue weighted by atomic mass is 10.2. The van der Waals surface area contributed by atoms with Crippen molar-refractivity contribution in [2.45, 2.75) is 13.0 Å². The number of aromatic nitrogens is 1. The maximum atomic E-state index is 13.5. The third kappa shape index (κ3) is 4.73. The van der Waals surface area contributed by atoms with Crippen molar-refractivity contribution in [3.63, 3.8) is 0 Å². The van der Waals surface area contributed by atoms with Crippen molar-refractivity contribution in [2.24, 2.45) is 10.7 Å². The van der Waals surface area contributed by atoms with Crippen molar-refractivity contribution in [3.8, 4) is 5.75 Å². The van der Waals surface area contributed by atoms with Crippen molar-refractivity contribution >= 4 is 5.96 Å². The summed E-state index contributed by atoms with van der Waals surface area (Å²) in [6.07, 6.45) is 2.51. The van der Waals surface area contributed by atoms with Crippen molar-refractivity contribution in [1.82, 2.24) is 10.3 Å². The van der Waals surface area contributed by atoms with Gasteiger partial charge in [0.15, 0.2) is 17.5 Å². The van der Waals surface area contributed by atoms with E-state index in [1.54, 1.807) is 18.3 Å². The van der Waals surface area contributed by atoms with Crippen LogP contribution in [0.1, 0.15) is 11.3 Å². The first-order chi connectivity index (χ1) is 10.7. The smallest absolute Gasteiger partial charge is 0.188 e. The monoisotopic (exact) mass is 302 g/mol. The lowest BCUT2D eigenvalue weighted by Crippen LogP contribution is -2.33. The molecule has 1 aromatic heterocycles. The number of guanidine groups is 1. The molecule has 3 N–H and O–H groups in total. The van der Waals surface area contributed by atoms with Gasteiger partial charge in [-0.3, -0.25) is 4.98 Å². The molecule has 22 heavy (non-hydrogen) atoms. The van der Waals surface area contributed by atoms with Gasteiger partial charge in [0.1, 0.15) is 0 Å². The van der Waals surface area contributed by atoms with Crippen LogP contribution in [0.2, 0.25) is 0 Å². The Bertz CT molecular complexity index is 631. The number of ether oxygens (including phenoxy) is 1. The van der Waals surface area contributed by atoms with Crippen LogP contribution in [0.25, 0.3) is 0 Å². The van der Waals surface area contributed by atoms with E-state index in [2.05, 4.69) is 15.3 Å². The van der Waals surface area contributed by atoms with Gasteiger partial charge in [0, 0.05) is 24.9 Å². The second-order valence-electron chi connectivity index (χ2n) is 4.67. The largest absolute Gasteiger partial charge is 0.494 e. The van der Waals surface area contributed by atoms with Gasteiger partial charge in [-0.2, -0.15) is 0 Å². The Morgan fingerprint density at radius 3 is 2.91 bits per heavy atom. The van der Waals surface area contributed by atoms with Crippen LogP contribution in [0.4, 0.5) is 4.39 Å². The molecule has 0 unspecified atom stereocenters. The molecule has 6 heteroatoms. The predicted octanol–water partition coefficient (Wildman–Crippen LogP) is 1.88. The van der Waals surface area contributed by atoms with E-state index in [1.165, 1.54) is 13.2 Å². The van der Waals surface area contributed by atoms with Gasteiger partial charge >= 0.3 is 0 Å². The minimum atomic E-state index is -0.406. The van der Waals surface area contributed by atoms with E-state index in [4.69, 9.17) is 10.5 Å². The first-order valence-corrected chi connectivity index (χ1v) is 6.95. The van der Waals surface area contributed by atoms with E-state index in [-0.39, 0.29) is 5.75 Å². The van der Waals surface area contributed by atoms with Gasteiger partial charge in [0.25, 0.3) is 0 Å². The zero-order chi connectivity index (χ0) is 15.8. The molecule has 0 spiro atoms. The molecule has 0 radical (unpaired) electrons. The standard InChI is InChI=1S/C16H19FN4O/c1-22-15-6-5-12(10-14(15)17)11-21-16(18)20-9-7-13-4-2-3-8-19-13/h2-6,8,10H,7,9,11H2,1H3,(H3,18,20,21). The molecule has 0 aliphatic rings. The summed E-state index contributed by atoms with van der Waals surface area (Å²) in [5.41, 5.74) is 7.50. The number of halogens is 1. The van der Waals surface area contributed by atoms with Crippen molar-refractivity contribution < 1.29 is 9.13 Å². The van der Waals surface area contributed by atoms with Gasteiger partial charge in [-0.1, -0.05) is 12.1 Å². The number of nitrogens with zero attached hydrogens (tertiary/aromatic N) is 2. The van der Waals surface area contributed by atoms with Gasteiger partial charge in [-0.25, -0.2) is 9.38 Å². The minimum absolute atomic E-state index is 0.217. The molecule has 5 nitrogen and oxygen atoms in total. The lowest BCUT2D eigenvalue weighted by molar-refractivity contribution is 0.386. The fourth-order valence-electron chi connectivity index (χ4n) is 1.91. The van der Waals surface area contributed by atoms with E-state index < -0.39 is 5.82 Å². The molecule has 1 heterocycles. The highest BCUT2D eigenvalue weighted by Crippen LogP contribution is 2.17. The Morgan fingerprint density at radius 2 is 2.23 bits per heavy atom. The summed E-state index contributed by atoms with van der Waals surface area (Å²) in [5, 5.41) is 3.01. The van der Waals surface area contributed by atoms with Crippen molar-refractivity contribution in [2.75, 3.05) is 13.7 Å². The van der Waals surface area contributed by atoms with Crippen molar-refractivity contribution in [1.29, 1.82) is 0 Å². The highest BCUT2D eigenvalue weighted by Gasteiger charge is 2.03. The molecule has 0 atom stereocenters. The van der Waals surface area contributed by atoms with Crippen LogP contribution in [0.15, 0.2) is 47.6 Å². The summed E-state index contributed by atoms with van der Waals surface area (Å²) >= 11 is 0. The fraction of sp³-hybridized carbons (Fsp3) is 0.250. The molecule has 0 amide bonds. The molecule has 116 valence electrons. The summed E-state index contributed by atoms with van der Waals surface area (Å²) in [7, 11) is 1.43. The van der Waals surface area contributed by atoms with Crippen LogP contribution in [-0.4, -0.2) is 24.6 Å². The van der Waals surface area contributed by atoms with Crippen molar-refractivity contribution in [3.05, 3.63) is 59.7 Å². The minimum Gasteiger partial charge on any atom is -0.494 e. The summed E-state index contributed by atoms with van der Waals surface area (Å²) in [5.74, 6) is 0.137. The number of nitrogens with one attached hydrogen (secondary N) is 1. The molecule has 0 bridgehead atoms. The van der Waals surface area contributed by atoms with E-state index in [0.29, 0.717) is 19.0 Å². The zero-order valence-corrected chi connectivity index (χ0v) is 12.4. The lowest BCUT2D eigenvalue weighted by Gasteiger charge is -2.06. The summed E-state index contributed by atoms with van der Waals surface area (Å²) in [6.45, 7) is 0.951. The van der Waals surface area contributed by atoms with Gasteiger partial charge in [-0.15, -0.1) is 0 Å². The van der Waals surface area contributed by atoms with Gasteiger partial charge in [0.05, 0.1) is 13.7 Å². The maximum Gasteiger partial charge on any atom is 0.188 e. The molecular formula is C16H19FN4O. The normalized spacial score (nSPS) is 11.3. The Balaban J connectivity index is 1.81. The van der Waals surface area contributed by atoms with Crippen LogP contribution in [0.3, 0.4) is 0 Å². The van der Waals surface area contributed by atoms with Crippen LogP contribution < -0.4 is 15.8 Å². The van der Waals surface area contributed by atoms with E-state index in [0.717, 1.165) is 17.7 Å². The summed E-state index contributed by atoms with van der Waals surface area (Å²) in [4.78, 5) is 8.40. The predicted molar refractivity (Wildman–Crippen MR) is 84.2 cm³/mol. The second-order valence-corrected chi connectivity index (χ2v) is 4.67. The number of hydrogen-bond donors (Lipinski definition) is 2. The Labute approximate surface area is 129 Å². The zero-order valence-electron chi connectivity index (χ0n) is 12.4. The van der Waals surface area contributed by atoms with Gasteiger partial charge in [-0.05, 0) is 29.8 Å². The molecule has 2 rings (SSSR count). The number of rotatable bonds is 6. The van der Waals surface area contributed by atoms with Crippen LogP contribution in [0, 0.1) is 5.82 Å². The molecule has 1 aromatic carbocycles. The molecule has 0 aliphatic carbocycles. The fourth-order valence-corrected chi connectivity index (χ4v) is 1.91.